The van der Waals surface area contributed by atoms with Crippen LogP contribution in [-0.2, 0) is 9.53 Å². The van der Waals surface area contributed by atoms with Gasteiger partial charge in [0, 0.05) is 21.1 Å². The molecule has 27 heavy (non-hydrogen) atoms. The van der Waals surface area contributed by atoms with Crippen molar-refractivity contribution < 1.29 is 23.5 Å². The second-order valence-electron chi connectivity index (χ2n) is 5.67. The van der Waals surface area contributed by atoms with Crippen molar-refractivity contribution in [2.75, 3.05) is 19.0 Å². The first-order chi connectivity index (χ1) is 12.9. The van der Waals surface area contributed by atoms with E-state index in [9.17, 15) is 9.59 Å². The number of aryl methyl sites for hydroxylation is 1. The molecule has 0 bridgehead atoms. The van der Waals surface area contributed by atoms with Gasteiger partial charge in [-0.1, -0.05) is 27.5 Å². The molecule has 3 aromatic rings. The molecule has 1 heterocycles. The standard InChI is InChI=1S/C19H15BrClNO5/c1-10-13-7-11(20)3-5-15(13)27-18(10)19(24)26-9-17(23)22-12-4-6-16(25-2)14(21)8-12/h3-8H,9H2,1-2H3,(H,22,23). The van der Waals surface area contributed by atoms with E-state index in [1.165, 1.54) is 7.11 Å². The summed E-state index contributed by atoms with van der Waals surface area (Å²) in [5.74, 6) is -0.639. The Hall–Kier alpha value is -2.51. The van der Waals surface area contributed by atoms with Gasteiger partial charge in [0.15, 0.2) is 6.61 Å². The van der Waals surface area contributed by atoms with E-state index in [-0.39, 0.29) is 5.76 Å². The van der Waals surface area contributed by atoms with Crippen LogP contribution in [0.3, 0.4) is 0 Å². The Bertz CT molecular complexity index is 1030. The lowest BCUT2D eigenvalue weighted by molar-refractivity contribution is -0.119. The van der Waals surface area contributed by atoms with Gasteiger partial charge in [-0.25, -0.2) is 4.79 Å². The topological polar surface area (TPSA) is 77.8 Å². The summed E-state index contributed by atoms with van der Waals surface area (Å²) >= 11 is 9.39. The van der Waals surface area contributed by atoms with Crippen molar-refractivity contribution in [3.8, 4) is 5.75 Å². The summed E-state index contributed by atoms with van der Waals surface area (Å²) in [5, 5.41) is 3.75. The number of rotatable bonds is 5. The molecule has 0 aliphatic heterocycles. The number of nitrogens with one attached hydrogen (secondary N) is 1. The van der Waals surface area contributed by atoms with E-state index >= 15 is 0 Å². The van der Waals surface area contributed by atoms with Crippen LogP contribution >= 0.6 is 27.5 Å². The van der Waals surface area contributed by atoms with Gasteiger partial charge in [-0.15, -0.1) is 0 Å². The number of fused-ring (bicyclic) bond motifs is 1. The third-order valence-electron chi connectivity index (χ3n) is 3.85. The average molecular weight is 453 g/mol. The second-order valence-corrected chi connectivity index (χ2v) is 6.99. The van der Waals surface area contributed by atoms with Gasteiger partial charge in [0.05, 0.1) is 12.1 Å². The summed E-state index contributed by atoms with van der Waals surface area (Å²) in [6.45, 7) is 1.30. The highest BCUT2D eigenvalue weighted by Gasteiger charge is 2.20. The fourth-order valence-electron chi connectivity index (χ4n) is 2.53. The lowest BCUT2D eigenvalue weighted by Crippen LogP contribution is -2.21. The van der Waals surface area contributed by atoms with Gasteiger partial charge in [-0.2, -0.15) is 0 Å². The Kier molecular flexibility index (Phi) is 5.72. The third-order valence-corrected chi connectivity index (χ3v) is 4.64. The first kappa shape index (κ1) is 19.3. The van der Waals surface area contributed by atoms with E-state index < -0.39 is 18.5 Å². The van der Waals surface area contributed by atoms with Crippen molar-refractivity contribution >= 4 is 56.1 Å². The van der Waals surface area contributed by atoms with E-state index in [0.29, 0.717) is 27.6 Å². The minimum Gasteiger partial charge on any atom is -0.495 e. The Labute approximate surface area is 168 Å². The minimum atomic E-state index is -0.706. The lowest BCUT2D eigenvalue weighted by Gasteiger charge is -2.08. The molecule has 140 valence electrons. The molecule has 0 saturated heterocycles. The summed E-state index contributed by atoms with van der Waals surface area (Å²) in [4.78, 5) is 24.3. The Morgan fingerprint density at radius 3 is 2.70 bits per heavy atom. The second kappa shape index (κ2) is 8.02. The van der Waals surface area contributed by atoms with Gasteiger partial charge in [0.1, 0.15) is 11.3 Å². The first-order valence-electron chi connectivity index (χ1n) is 7.88. The van der Waals surface area contributed by atoms with Crippen LogP contribution in [0.4, 0.5) is 5.69 Å². The largest absolute Gasteiger partial charge is 0.495 e. The van der Waals surface area contributed by atoms with E-state index in [4.69, 9.17) is 25.5 Å². The zero-order valence-electron chi connectivity index (χ0n) is 14.5. The summed E-state index contributed by atoms with van der Waals surface area (Å²) in [5.41, 5.74) is 1.69. The summed E-state index contributed by atoms with van der Waals surface area (Å²) < 4.78 is 16.5. The van der Waals surface area contributed by atoms with Crippen molar-refractivity contribution in [3.63, 3.8) is 0 Å². The summed E-state index contributed by atoms with van der Waals surface area (Å²) in [6, 6.07) is 10.2. The molecular formula is C19H15BrClNO5. The number of esters is 1. The third kappa shape index (κ3) is 4.26. The van der Waals surface area contributed by atoms with E-state index in [0.717, 1.165) is 9.86 Å². The Balaban J connectivity index is 1.64. The molecule has 0 saturated carbocycles. The van der Waals surface area contributed by atoms with Crippen LogP contribution in [-0.4, -0.2) is 25.6 Å². The fourth-order valence-corrected chi connectivity index (χ4v) is 3.14. The number of methoxy groups -OCH3 is 1. The monoisotopic (exact) mass is 451 g/mol. The smallest absolute Gasteiger partial charge is 0.375 e. The van der Waals surface area contributed by atoms with Crippen molar-refractivity contribution in [1.82, 2.24) is 0 Å². The SMILES string of the molecule is COc1ccc(NC(=O)COC(=O)c2oc3ccc(Br)cc3c2C)cc1Cl. The Morgan fingerprint density at radius 1 is 1.22 bits per heavy atom. The molecule has 0 fully saturated rings. The molecule has 2 aromatic carbocycles. The number of halogens is 2. The van der Waals surface area contributed by atoms with Gasteiger partial charge >= 0.3 is 5.97 Å². The molecule has 0 aliphatic carbocycles. The fraction of sp³-hybridized carbons (Fsp3) is 0.158. The number of amides is 1. The molecular weight excluding hydrogens is 438 g/mol. The summed E-state index contributed by atoms with van der Waals surface area (Å²) in [6.07, 6.45) is 0. The number of hydrogen-bond donors (Lipinski definition) is 1. The first-order valence-corrected chi connectivity index (χ1v) is 9.05. The van der Waals surface area contributed by atoms with Gasteiger partial charge < -0.3 is 19.2 Å². The molecule has 6 nitrogen and oxygen atoms in total. The van der Waals surface area contributed by atoms with E-state index in [2.05, 4.69) is 21.2 Å². The normalized spacial score (nSPS) is 10.7. The minimum absolute atomic E-state index is 0.0726. The zero-order chi connectivity index (χ0) is 19.6. The quantitative estimate of drug-likeness (QED) is 0.554. The molecule has 0 atom stereocenters. The maximum absolute atomic E-state index is 12.3. The molecule has 0 radical (unpaired) electrons. The molecule has 3 rings (SSSR count). The highest BCUT2D eigenvalue weighted by atomic mass is 79.9. The van der Waals surface area contributed by atoms with Crippen LogP contribution in [0.5, 0.6) is 5.75 Å². The molecule has 8 heteroatoms. The predicted octanol–water partition coefficient (Wildman–Crippen LogP) is 4.96. The number of hydrogen-bond acceptors (Lipinski definition) is 5. The molecule has 1 aromatic heterocycles. The van der Waals surface area contributed by atoms with Crippen LogP contribution in [0, 0.1) is 6.92 Å². The van der Waals surface area contributed by atoms with Gasteiger partial charge in [-0.05, 0) is 43.3 Å². The van der Waals surface area contributed by atoms with Crippen LogP contribution < -0.4 is 10.1 Å². The maximum atomic E-state index is 12.3. The number of carbonyl (C=O) groups excluding carboxylic acids is 2. The van der Waals surface area contributed by atoms with Crippen LogP contribution in [0.15, 0.2) is 45.3 Å². The van der Waals surface area contributed by atoms with Gasteiger partial charge in [0.25, 0.3) is 5.91 Å². The van der Waals surface area contributed by atoms with Crippen molar-refractivity contribution in [3.05, 3.63) is 57.2 Å². The van der Waals surface area contributed by atoms with Gasteiger partial charge in [0.2, 0.25) is 5.76 Å². The number of furan rings is 1. The number of carbonyl (C=O) groups is 2. The molecule has 1 N–H and O–H groups in total. The molecule has 1 amide bonds. The van der Waals surface area contributed by atoms with Crippen LogP contribution in [0.1, 0.15) is 16.1 Å². The van der Waals surface area contributed by atoms with Crippen molar-refractivity contribution in [1.29, 1.82) is 0 Å². The number of benzene rings is 2. The highest BCUT2D eigenvalue weighted by Crippen LogP contribution is 2.29. The van der Waals surface area contributed by atoms with Crippen LogP contribution in [0.25, 0.3) is 11.0 Å². The number of ether oxygens (including phenoxy) is 2. The number of anilines is 1. The maximum Gasteiger partial charge on any atom is 0.375 e. The van der Waals surface area contributed by atoms with Crippen molar-refractivity contribution in [2.24, 2.45) is 0 Å². The van der Waals surface area contributed by atoms with Gasteiger partial charge in [-0.3, -0.25) is 4.79 Å². The highest BCUT2D eigenvalue weighted by molar-refractivity contribution is 9.10. The molecule has 0 unspecified atom stereocenters. The van der Waals surface area contributed by atoms with Crippen LogP contribution in [0.2, 0.25) is 5.02 Å². The van der Waals surface area contributed by atoms with E-state index in [1.807, 2.05) is 12.1 Å². The zero-order valence-corrected chi connectivity index (χ0v) is 16.8. The molecule has 0 aliphatic rings. The molecule has 0 spiro atoms. The lowest BCUT2D eigenvalue weighted by atomic mass is 10.1. The Morgan fingerprint density at radius 2 is 2.00 bits per heavy atom. The average Bonchev–Trinajstić information content (AvgIpc) is 2.96. The predicted molar refractivity (Wildman–Crippen MR) is 106 cm³/mol. The van der Waals surface area contributed by atoms with E-state index in [1.54, 1.807) is 31.2 Å². The summed E-state index contributed by atoms with van der Waals surface area (Å²) in [7, 11) is 1.50. The van der Waals surface area contributed by atoms with Crippen molar-refractivity contribution in [2.45, 2.75) is 6.92 Å².